The van der Waals surface area contributed by atoms with Gasteiger partial charge in [-0.2, -0.15) is 0 Å². The first-order valence-corrected chi connectivity index (χ1v) is 6.92. The van der Waals surface area contributed by atoms with Crippen LogP contribution in [0.4, 0.5) is 0 Å². The zero-order valence-corrected chi connectivity index (χ0v) is 11.7. The van der Waals surface area contributed by atoms with Gasteiger partial charge in [0.2, 0.25) is 0 Å². The quantitative estimate of drug-likeness (QED) is 0.767. The van der Waals surface area contributed by atoms with Crippen molar-refractivity contribution in [1.29, 1.82) is 0 Å². The SMILES string of the molecule is CC1CCOC1C(=O)c1ccc2c(c1)C(C)(C)CO2. The average molecular weight is 260 g/mol. The lowest BCUT2D eigenvalue weighted by molar-refractivity contribution is 0.0579. The summed E-state index contributed by atoms with van der Waals surface area (Å²) in [5.41, 5.74) is 1.86. The summed E-state index contributed by atoms with van der Waals surface area (Å²) in [5.74, 6) is 1.32. The molecule has 2 atom stereocenters. The van der Waals surface area contributed by atoms with Crippen molar-refractivity contribution in [3.05, 3.63) is 29.3 Å². The van der Waals surface area contributed by atoms with Gasteiger partial charge in [0.25, 0.3) is 0 Å². The van der Waals surface area contributed by atoms with Gasteiger partial charge < -0.3 is 9.47 Å². The van der Waals surface area contributed by atoms with Crippen molar-refractivity contribution in [3.8, 4) is 5.75 Å². The average Bonchev–Trinajstić information content (AvgIpc) is 2.93. The van der Waals surface area contributed by atoms with Gasteiger partial charge in [0, 0.05) is 23.1 Å². The lowest BCUT2D eigenvalue weighted by atomic mass is 9.85. The third kappa shape index (κ3) is 2.06. The zero-order valence-electron chi connectivity index (χ0n) is 11.7. The van der Waals surface area contributed by atoms with Gasteiger partial charge in [-0.15, -0.1) is 0 Å². The zero-order chi connectivity index (χ0) is 13.6. The number of hydrogen-bond donors (Lipinski definition) is 0. The summed E-state index contributed by atoms with van der Waals surface area (Å²) in [4.78, 5) is 12.5. The second kappa shape index (κ2) is 4.34. The molecule has 0 aliphatic carbocycles. The fourth-order valence-electron chi connectivity index (χ4n) is 2.87. The minimum Gasteiger partial charge on any atom is -0.492 e. The largest absolute Gasteiger partial charge is 0.492 e. The molecule has 3 nitrogen and oxygen atoms in total. The van der Waals surface area contributed by atoms with Crippen LogP contribution in [0, 0.1) is 5.92 Å². The molecule has 2 aliphatic heterocycles. The molecule has 102 valence electrons. The van der Waals surface area contributed by atoms with Crippen molar-refractivity contribution < 1.29 is 14.3 Å². The minimum atomic E-state index is -0.275. The summed E-state index contributed by atoms with van der Waals surface area (Å²) >= 11 is 0. The molecule has 19 heavy (non-hydrogen) atoms. The second-order valence-corrected chi connectivity index (χ2v) is 6.31. The maximum atomic E-state index is 12.5. The number of hydrogen-bond acceptors (Lipinski definition) is 3. The topological polar surface area (TPSA) is 35.5 Å². The van der Waals surface area contributed by atoms with E-state index in [1.165, 1.54) is 0 Å². The van der Waals surface area contributed by atoms with Crippen molar-refractivity contribution in [3.63, 3.8) is 0 Å². The van der Waals surface area contributed by atoms with Crippen molar-refractivity contribution in [2.45, 2.75) is 38.7 Å². The van der Waals surface area contributed by atoms with E-state index in [-0.39, 0.29) is 17.3 Å². The summed E-state index contributed by atoms with van der Waals surface area (Å²) < 4.78 is 11.2. The first-order valence-electron chi connectivity index (χ1n) is 6.92. The maximum Gasteiger partial charge on any atom is 0.191 e. The predicted molar refractivity (Wildman–Crippen MR) is 72.8 cm³/mol. The molecule has 3 heteroatoms. The molecule has 0 radical (unpaired) electrons. The molecule has 0 amide bonds. The molecule has 3 rings (SSSR count). The normalized spacial score (nSPS) is 27.9. The highest BCUT2D eigenvalue weighted by molar-refractivity contribution is 6.00. The molecule has 2 unspecified atom stereocenters. The molecule has 2 heterocycles. The highest BCUT2D eigenvalue weighted by Crippen LogP contribution is 2.39. The minimum absolute atomic E-state index is 0.0201. The molecule has 0 aromatic heterocycles. The Bertz CT molecular complexity index is 519. The van der Waals surface area contributed by atoms with E-state index in [2.05, 4.69) is 20.8 Å². The molecule has 1 fully saturated rings. The molecule has 1 aromatic carbocycles. The van der Waals surface area contributed by atoms with Crippen molar-refractivity contribution in [2.75, 3.05) is 13.2 Å². The van der Waals surface area contributed by atoms with Crippen LogP contribution >= 0.6 is 0 Å². The van der Waals surface area contributed by atoms with Crippen molar-refractivity contribution in [2.24, 2.45) is 5.92 Å². The molecule has 0 saturated carbocycles. The van der Waals surface area contributed by atoms with Crippen LogP contribution in [-0.2, 0) is 10.2 Å². The Morgan fingerprint density at radius 2 is 2.16 bits per heavy atom. The van der Waals surface area contributed by atoms with E-state index in [9.17, 15) is 4.79 Å². The molecule has 1 aromatic rings. The molecule has 0 bridgehead atoms. The van der Waals surface area contributed by atoms with Crippen LogP contribution in [0.1, 0.15) is 43.1 Å². The Morgan fingerprint density at radius 3 is 2.84 bits per heavy atom. The van der Waals surface area contributed by atoms with Gasteiger partial charge in [-0.05, 0) is 30.5 Å². The fourth-order valence-corrected chi connectivity index (χ4v) is 2.87. The Balaban J connectivity index is 1.92. The number of carbonyl (C=O) groups excluding carboxylic acids is 1. The Hall–Kier alpha value is -1.35. The van der Waals surface area contributed by atoms with Crippen LogP contribution in [-0.4, -0.2) is 25.1 Å². The van der Waals surface area contributed by atoms with E-state index in [4.69, 9.17) is 9.47 Å². The van der Waals surface area contributed by atoms with E-state index >= 15 is 0 Å². The molecule has 1 saturated heterocycles. The number of carbonyl (C=O) groups is 1. The fraction of sp³-hybridized carbons (Fsp3) is 0.562. The van der Waals surface area contributed by atoms with Crippen LogP contribution in [0.5, 0.6) is 5.75 Å². The lowest BCUT2D eigenvalue weighted by Crippen LogP contribution is -2.25. The van der Waals surface area contributed by atoms with Gasteiger partial charge in [-0.3, -0.25) is 4.79 Å². The predicted octanol–water partition coefficient (Wildman–Crippen LogP) is 2.96. The van der Waals surface area contributed by atoms with E-state index in [0.29, 0.717) is 19.1 Å². The number of ether oxygens (including phenoxy) is 2. The van der Waals surface area contributed by atoms with E-state index < -0.39 is 0 Å². The third-order valence-electron chi connectivity index (χ3n) is 4.23. The molecular weight excluding hydrogens is 240 g/mol. The summed E-state index contributed by atoms with van der Waals surface area (Å²) in [6.07, 6.45) is 0.694. The van der Waals surface area contributed by atoms with Gasteiger partial charge in [-0.1, -0.05) is 20.8 Å². The third-order valence-corrected chi connectivity index (χ3v) is 4.23. The van der Waals surface area contributed by atoms with Crippen molar-refractivity contribution in [1.82, 2.24) is 0 Å². The van der Waals surface area contributed by atoms with Gasteiger partial charge >= 0.3 is 0 Å². The Kier molecular flexibility index (Phi) is 2.90. The van der Waals surface area contributed by atoms with Crippen molar-refractivity contribution >= 4 is 5.78 Å². The van der Waals surface area contributed by atoms with Gasteiger partial charge in [0.1, 0.15) is 11.9 Å². The molecular formula is C16H20O3. The number of Topliss-reactive ketones (excluding diaryl/α,β-unsaturated/α-hetero) is 1. The van der Waals surface area contributed by atoms with Gasteiger partial charge in [0.05, 0.1) is 6.61 Å². The van der Waals surface area contributed by atoms with Crippen LogP contribution in [0.3, 0.4) is 0 Å². The lowest BCUT2D eigenvalue weighted by Gasteiger charge is -2.17. The van der Waals surface area contributed by atoms with Crippen LogP contribution in [0.2, 0.25) is 0 Å². The van der Waals surface area contributed by atoms with E-state index in [1.54, 1.807) is 0 Å². The molecule has 0 spiro atoms. The smallest absolute Gasteiger partial charge is 0.191 e. The Morgan fingerprint density at radius 1 is 1.37 bits per heavy atom. The number of rotatable bonds is 2. The van der Waals surface area contributed by atoms with Gasteiger partial charge in [0.15, 0.2) is 5.78 Å². The second-order valence-electron chi connectivity index (χ2n) is 6.31. The first kappa shape index (κ1) is 12.7. The van der Waals surface area contributed by atoms with E-state index in [1.807, 2.05) is 18.2 Å². The summed E-state index contributed by atoms with van der Waals surface area (Å²) in [6.45, 7) is 7.73. The molecule has 0 N–H and O–H groups in total. The van der Waals surface area contributed by atoms with Crippen LogP contribution < -0.4 is 4.74 Å². The maximum absolute atomic E-state index is 12.5. The summed E-state index contributed by atoms with van der Waals surface area (Å²) in [6, 6.07) is 5.76. The van der Waals surface area contributed by atoms with Gasteiger partial charge in [-0.25, -0.2) is 0 Å². The number of benzene rings is 1. The van der Waals surface area contributed by atoms with Crippen LogP contribution in [0.15, 0.2) is 18.2 Å². The molecule has 2 aliphatic rings. The first-order chi connectivity index (χ1) is 8.99. The number of ketones is 1. The Labute approximate surface area is 113 Å². The van der Waals surface area contributed by atoms with Crippen LogP contribution in [0.25, 0.3) is 0 Å². The summed E-state index contributed by atoms with van der Waals surface area (Å²) in [7, 11) is 0. The monoisotopic (exact) mass is 260 g/mol. The number of fused-ring (bicyclic) bond motifs is 1. The highest BCUT2D eigenvalue weighted by Gasteiger charge is 2.35. The standard InChI is InChI=1S/C16H20O3/c1-10-6-7-18-15(10)14(17)11-4-5-13-12(8-11)16(2,3)9-19-13/h4-5,8,10,15H,6-7,9H2,1-3H3. The highest BCUT2D eigenvalue weighted by atomic mass is 16.5. The van der Waals surface area contributed by atoms with E-state index in [0.717, 1.165) is 23.3 Å². The summed E-state index contributed by atoms with van der Waals surface area (Å²) in [5, 5.41) is 0.